The Morgan fingerprint density at radius 1 is 0.422 bits per heavy atom. The molecule has 0 aliphatic carbocycles. The molecule has 0 atom stereocenters. The molecule has 0 aliphatic heterocycles. The van der Waals surface area contributed by atoms with E-state index >= 15 is 0 Å². The smallest absolute Gasteiger partial charge is 0.167 e. The van der Waals surface area contributed by atoms with E-state index in [9.17, 15) is 0 Å². The van der Waals surface area contributed by atoms with E-state index in [0.717, 1.165) is 66.0 Å². The van der Waals surface area contributed by atoms with Crippen molar-refractivity contribution in [2.75, 3.05) is 0 Å². The summed E-state index contributed by atoms with van der Waals surface area (Å²) in [5.41, 5.74) is 7.24. The second-order valence-electron chi connectivity index (χ2n) is 11.1. The maximum Gasteiger partial charge on any atom is 0.167 e. The van der Waals surface area contributed by atoms with Crippen molar-refractivity contribution >= 4 is 43.6 Å². The van der Waals surface area contributed by atoms with Gasteiger partial charge in [-0.1, -0.05) is 115 Å². The summed E-state index contributed by atoms with van der Waals surface area (Å²) >= 11 is 0. The van der Waals surface area contributed by atoms with Crippen LogP contribution in [-0.2, 0) is 0 Å². The average Bonchev–Trinajstić information content (AvgIpc) is 3.50. The Hall–Kier alpha value is -6.20. The van der Waals surface area contributed by atoms with Crippen LogP contribution in [0, 0.1) is 0 Å². The molecule has 0 N–H and O–H groups in total. The van der Waals surface area contributed by atoms with Crippen LogP contribution in [0.25, 0.3) is 88.9 Å². The first-order chi connectivity index (χ1) is 22.3. The van der Waals surface area contributed by atoms with Gasteiger partial charge in [-0.3, -0.25) is 4.98 Å². The van der Waals surface area contributed by atoms with E-state index in [1.165, 1.54) is 5.39 Å². The molecule has 0 fully saturated rings. The molecule has 0 unspecified atom stereocenters. The van der Waals surface area contributed by atoms with Gasteiger partial charge in [0.15, 0.2) is 17.5 Å². The van der Waals surface area contributed by atoms with E-state index in [0.29, 0.717) is 17.5 Å². The maximum absolute atomic E-state index is 6.53. The van der Waals surface area contributed by atoms with E-state index < -0.39 is 0 Å². The van der Waals surface area contributed by atoms with Crippen molar-refractivity contribution in [3.63, 3.8) is 0 Å². The van der Waals surface area contributed by atoms with E-state index in [4.69, 9.17) is 24.4 Å². The van der Waals surface area contributed by atoms with Crippen molar-refractivity contribution in [1.82, 2.24) is 19.9 Å². The largest absolute Gasteiger partial charge is 0.455 e. The van der Waals surface area contributed by atoms with Crippen LogP contribution in [0.5, 0.6) is 0 Å². The minimum absolute atomic E-state index is 0.554. The maximum atomic E-state index is 6.53. The molecule has 0 spiro atoms. The second-order valence-corrected chi connectivity index (χ2v) is 11.1. The first-order valence-corrected chi connectivity index (χ1v) is 14.9. The fourth-order valence-corrected chi connectivity index (χ4v) is 6.13. The van der Waals surface area contributed by atoms with Crippen molar-refractivity contribution in [3.8, 4) is 45.3 Å². The van der Waals surface area contributed by atoms with Crippen molar-refractivity contribution in [1.29, 1.82) is 0 Å². The Morgan fingerprint density at radius 2 is 1.07 bits per heavy atom. The third-order valence-corrected chi connectivity index (χ3v) is 8.34. The highest BCUT2D eigenvalue weighted by molar-refractivity contribution is 6.11. The second kappa shape index (κ2) is 10.2. The Kier molecular flexibility index (Phi) is 5.74. The number of rotatable bonds is 4. The zero-order valence-corrected chi connectivity index (χ0v) is 24.1. The molecule has 0 aliphatic rings. The molecule has 5 heteroatoms. The summed E-state index contributed by atoms with van der Waals surface area (Å²) in [6.45, 7) is 0. The van der Waals surface area contributed by atoms with E-state index in [-0.39, 0.29) is 0 Å². The van der Waals surface area contributed by atoms with Gasteiger partial charge in [0.25, 0.3) is 0 Å². The van der Waals surface area contributed by atoms with Crippen LogP contribution in [0.4, 0.5) is 0 Å². The molecule has 0 amide bonds. The van der Waals surface area contributed by atoms with Gasteiger partial charge in [-0.15, -0.1) is 0 Å². The van der Waals surface area contributed by atoms with E-state index in [1.807, 2.05) is 91.1 Å². The molecular formula is C40H24N4O. The summed E-state index contributed by atoms with van der Waals surface area (Å²) in [7, 11) is 0. The molecule has 6 aromatic carbocycles. The normalized spacial score (nSPS) is 11.6. The first kappa shape index (κ1) is 25.3. The number of para-hydroxylation sites is 1. The summed E-state index contributed by atoms with van der Waals surface area (Å²) in [6.07, 6.45) is 1.95. The van der Waals surface area contributed by atoms with Crippen LogP contribution in [-0.4, -0.2) is 19.9 Å². The molecule has 0 saturated heterocycles. The van der Waals surface area contributed by atoms with Crippen molar-refractivity contribution < 1.29 is 4.42 Å². The van der Waals surface area contributed by atoms with Crippen LogP contribution < -0.4 is 0 Å². The lowest BCUT2D eigenvalue weighted by molar-refractivity contribution is 0.669. The summed E-state index contributed by atoms with van der Waals surface area (Å²) in [5, 5.41) is 5.50. The Balaban J connectivity index is 1.31. The zero-order valence-electron chi connectivity index (χ0n) is 24.1. The fraction of sp³-hybridized carbons (Fsp3) is 0. The molecule has 0 saturated carbocycles. The minimum Gasteiger partial charge on any atom is -0.455 e. The summed E-state index contributed by atoms with van der Waals surface area (Å²) in [5.74, 6) is 1.77. The van der Waals surface area contributed by atoms with Crippen LogP contribution in [0.15, 0.2) is 150 Å². The van der Waals surface area contributed by atoms with Crippen LogP contribution in [0.1, 0.15) is 0 Å². The standard InChI is InChI=1S/C40H24N4O/c1-3-11-25(12-4-1)38-42-39(26-13-5-2-6-14-26)44-40(43-38)34-22-29(21-33-32-17-9-10-18-36(32)45-37(33)34)27-19-20-31-30-16-8-7-15-28(30)24-41-35(31)23-27/h1-24H. The topological polar surface area (TPSA) is 64.7 Å². The van der Waals surface area contributed by atoms with Gasteiger partial charge >= 0.3 is 0 Å². The number of hydrogen-bond donors (Lipinski definition) is 0. The Morgan fingerprint density at radius 3 is 1.82 bits per heavy atom. The summed E-state index contributed by atoms with van der Waals surface area (Å²) in [6, 6.07) is 47.4. The summed E-state index contributed by atoms with van der Waals surface area (Å²) < 4.78 is 6.53. The SMILES string of the molecule is c1ccc(-c2nc(-c3ccccc3)nc(-c3cc(-c4ccc5c(c4)ncc4ccccc45)cc4c3oc3ccccc34)n2)cc1. The highest BCUT2D eigenvalue weighted by Crippen LogP contribution is 2.40. The van der Waals surface area contributed by atoms with Crippen LogP contribution in [0.3, 0.4) is 0 Å². The van der Waals surface area contributed by atoms with Gasteiger partial charge in [0.2, 0.25) is 0 Å². The number of pyridine rings is 1. The number of nitrogens with zero attached hydrogens (tertiary/aromatic N) is 4. The zero-order chi connectivity index (χ0) is 29.7. The molecule has 9 rings (SSSR count). The van der Waals surface area contributed by atoms with E-state index in [2.05, 4.69) is 54.6 Å². The van der Waals surface area contributed by atoms with Crippen LogP contribution >= 0.6 is 0 Å². The number of benzene rings is 6. The lowest BCUT2D eigenvalue weighted by Gasteiger charge is -2.11. The van der Waals surface area contributed by atoms with Gasteiger partial charge in [-0.2, -0.15) is 0 Å². The quantitative estimate of drug-likeness (QED) is 0.195. The molecule has 3 heterocycles. The highest BCUT2D eigenvalue weighted by atomic mass is 16.3. The molecule has 9 aromatic rings. The van der Waals surface area contributed by atoms with Gasteiger partial charge in [0.1, 0.15) is 11.2 Å². The van der Waals surface area contributed by atoms with Crippen molar-refractivity contribution in [3.05, 3.63) is 146 Å². The number of hydrogen-bond acceptors (Lipinski definition) is 5. The number of fused-ring (bicyclic) bond motifs is 6. The minimum atomic E-state index is 0.554. The lowest BCUT2D eigenvalue weighted by Crippen LogP contribution is -2.00. The summed E-state index contributed by atoms with van der Waals surface area (Å²) in [4.78, 5) is 19.8. The highest BCUT2D eigenvalue weighted by Gasteiger charge is 2.20. The van der Waals surface area contributed by atoms with Gasteiger partial charge in [0.05, 0.1) is 11.1 Å². The van der Waals surface area contributed by atoms with Crippen molar-refractivity contribution in [2.45, 2.75) is 0 Å². The van der Waals surface area contributed by atoms with Crippen molar-refractivity contribution in [2.24, 2.45) is 0 Å². The van der Waals surface area contributed by atoms with E-state index in [1.54, 1.807) is 0 Å². The number of aromatic nitrogens is 4. The number of furan rings is 1. The molecule has 45 heavy (non-hydrogen) atoms. The average molecular weight is 577 g/mol. The molecule has 0 radical (unpaired) electrons. The van der Waals surface area contributed by atoms with Gasteiger partial charge < -0.3 is 4.42 Å². The molecule has 3 aromatic heterocycles. The van der Waals surface area contributed by atoms with Gasteiger partial charge in [-0.25, -0.2) is 15.0 Å². The molecule has 210 valence electrons. The molecule has 0 bridgehead atoms. The van der Waals surface area contributed by atoms with Crippen LogP contribution in [0.2, 0.25) is 0 Å². The third-order valence-electron chi connectivity index (χ3n) is 8.34. The fourth-order valence-electron chi connectivity index (χ4n) is 6.13. The predicted molar refractivity (Wildman–Crippen MR) is 182 cm³/mol. The molecular weight excluding hydrogens is 552 g/mol. The third kappa shape index (κ3) is 4.33. The first-order valence-electron chi connectivity index (χ1n) is 14.9. The molecule has 5 nitrogen and oxygen atoms in total. The Bertz CT molecular complexity index is 2480. The monoisotopic (exact) mass is 576 g/mol. The lowest BCUT2D eigenvalue weighted by atomic mass is 9.97. The van der Waals surface area contributed by atoms with Gasteiger partial charge in [-0.05, 0) is 40.8 Å². The Labute approximate surface area is 258 Å². The van der Waals surface area contributed by atoms with Gasteiger partial charge in [0, 0.05) is 38.9 Å². The predicted octanol–water partition coefficient (Wildman–Crippen LogP) is 10.1.